The van der Waals surface area contributed by atoms with Crippen LogP contribution in [0.15, 0.2) is 16.9 Å². The van der Waals surface area contributed by atoms with Crippen molar-refractivity contribution >= 4 is 52.6 Å². The van der Waals surface area contributed by atoms with Gasteiger partial charge in [-0.05, 0) is 109 Å². The number of nitrogens with zero attached hydrogens (tertiary/aromatic N) is 3. The van der Waals surface area contributed by atoms with Crippen molar-refractivity contribution in [1.29, 1.82) is 0 Å². The molecule has 5 atom stereocenters. The van der Waals surface area contributed by atoms with Crippen molar-refractivity contribution in [3.8, 4) is 11.4 Å². The highest BCUT2D eigenvalue weighted by Crippen LogP contribution is 2.46. The summed E-state index contributed by atoms with van der Waals surface area (Å²) in [5.41, 5.74) is 6.75. The first kappa shape index (κ1) is 60.1. The first-order chi connectivity index (χ1) is 37.2. The van der Waals surface area contributed by atoms with Gasteiger partial charge in [0.25, 0.3) is 5.56 Å². The zero-order valence-corrected chi connectivity index (χ0v) is 47.0. The Morgan fingerprint density at radius 2 is 1.57 bits per heavy atom. The number of nitrogens with two attached hydrogens (primary N) is 1. The van der Waals surface area contributed by atoms with E-state index in [9.17, 15) is 38.4 Å². The lowest BCUT2D eigenvalue weighted by Crippen LogP contribution is -2.57. The molecular formula is C56H76FN7O15. The average molecular weight is 1110 g/mol. The minimum absolute atomic E-state index is 0.0417. The Morgan fingerprint density at radius 1 is 0.899 bits per heavy atom. The molecule has 1 saturated heterocycles. The first-order valence-electron chi connectivity index (χ1n) is 27.1. The number of carbonyl (C=O) groups is 7. The minimum atomic E-state index is -2.14. The number of carbonyl (C=O) groups excluding carboxylic acids is 7. The van der Waals surface area contributed by atoms with E-state index in [-0.39, 0.29) is 89.7 Å². The highest BCUT2D eigenvalue weighted by Gasteiger charge is 2.52. The number of hydrogen-bond donors (Lipinski definition) is 4. The molecule has 4 aliphatic rings. The lowest BCUT2D eigenvalue weighted by Gasteiger charge is -2.37. The number of esters is 3. The van der Waals surface area contributed by atoms with Gasteiger partial charge in [0.1, 0.15) is 41.8 Å². The summed E-state index contributed by atoms with van der Waals surface area (Å²) in [6.07, 6.45) is 0.259. The molecule has 0 spiro atoms. The summed E-state index contributed by atoms with van der Waals surface area (Å²) in [6.45, 7) is 18.1. The molecule has 0 unspecified atom stereocenters. The molecule has 4 amide bonds. The minimum Gasteiger partial charge on any atom is -0.460 e. The summed E-state index contributed by atoms with van der Waals surface area (Å²) in [7, 11) is 0. The summed E-state index contributed by atoms with van der Waals surface area (Å²) in [4.78, 5) is 116. The Bertz CT molecular complexity index is 2910. The van der Waals surface area contributed by atoms with Crippen LogP contribution in [0.1, 0.15) is 140 Å². The number of aryl methyl sites for hydroxylation is 1. The third-order valence-electron chi connectivity index (χ3n) is 14.3. The van der Waals surface area contributed by atoms with E-state index in [2.05, 4.69) is 16.0 Å². The molecule has 79 heavy (non-hydrogen) atoms. The van der Waals surface area contributed by atoms with Crippen molar-refractivity contribution in [3.63, 3.8) is 0 Å². The second kappa shape index (κ2) is 24.8. The molecule has 432 valence electrons. The SMILES string of the molecule is CC[C@@]1(OC(=O)[C@@H](NC(=O)[C@@H]2CCCN2C(=O)[C@H](CC(=O)OC(C)(C)C)NC(=O)CCOCCOCCOCCNC(=O)OC(C)(C)C)C(C)C)C(=O)OCc2c1cc1n(c2=O)Cc2c-1nc1cc(F)c(C)c3c1c2[C@@H](N)CC3. The van der Waals surface area contributed by atoms with Crippen LogP contribution in [0.2, 0.25) is 0 Å². The number of nitrogens with one attached hydrogen (secondary N) is 3. The van der Waals surface area contributed by atoms with Gasteiger partial charge in [-0.2, -0.15) is 0 Å². The Morgan fingerprint density at radius 3 is 2.23 bits per heavy atom. The molecule has 7 rings (SSSR count). The van der Waals surface area contributed by atoms with Crippen molar-refractivity contribution in [2.45, 2.75) is 168 Å². The van der Waals surface area contributed by atoms with Crippen LogP contribution in [0.4, 0.5) is 9.18 Å². The number of cyclic esters (lactones) is 1. The van der Waals surface area contributed by atoms with Crippen LogP contribution in [-0.4, -0.2) is 138 Å². The van der Waals surface area contributed by atoms with Crippen LogP contribution in [0.5, 0.6) is 0 Å². The van der Waals surface area contributed by atoms with E-state index in [1.54, 1.807) is 75.3 Å². The monoisotopic (exact) mass is 1110 g/mol. The smallest absolute Gasteiger partial charge is 0.407 e. The van der Waals surface area contributed by atoms with Crippen molar-refractivity contribution in [1.82, 2.24) is 30.4 Å². The van der Waals surface area contributed by atoms with E-state index >= 15 is 4.39 Å². The quantitative estimate of drug-likeness (QED) is 0.0484. The number of aromatic nitrogens is 2. The lowest BCUT2D eigenvalue weighted by atomic mass is 9.82. The fraction of sp³-hybridized carbons (Fsp3) is 0.625. The number of pyridine rings is 2. The molecule has 2 aromatic heterocycles. The number of halogens is 1. The highest BCUT2D eigenvalue weighted by molar-refractivity contribution is 5.97. The summed E-state index contributed by atoms with van der Waals surface area (Å²) in [5, 5.41) is 8.75. The number of ether oxygens (including phenoxy) is 7. The average Bonchev–Trinajstić information content (AvgIpc) is 4.19. The van der Waals surface area contributed by atoms with Gasteiger partial charge in [-0.15, -0.1) is 0 Å². The molecule has 1 aliphatic carbocycles. The zero-order valence-electron chi connectivity index (χ0n) is 47.0. The molecule has 5 N–H and O–H groups in total. The van der Waals surface area contributed by atoms with Crippen LogP contribution in [-0.2, 0) is 87.1 Å². The van der Waals surface area contributed by atoms with Gasteiger partial charge in [0.15, 0.2) is 0 Å². The molecular weight excluding hydrogens is 1030 g/mol. The Kier molecular flexibility index (Phi) is 18.9. The summed E-state index contributed by atoms with van der Waals surface area (Å²) in [6, 6.07) is -1.39. The third kappa shape index (κ3) is 13.7. The molecule has 3 aromatic rings. The standard InChI is InChI=1S/C56H76FN7O15/c1-11-56(35-25-41-47-33(28-64(41)49(68)34(35)29-76-52(56)71)44-37(58)15-14-32-31(4)36(57)26-38(61-47)45(32)44)78-51(70)46(30(2)3)62-48(67)40-13-12-18-63(40)50(69)39(27-43(66)77-54(5,6)7)60-42(65)16-19-73-21-23-75-24-22-74-20-17-59-53(72)79-55(8,9)10/h25-26,30,37,39-40,46H,11-24,27-29,58H2,1-10H3,(H,59,72)(H,60,65)(H,62,67)/t37-,39-,40-,46-,56-/m0/s1. The van der Waals surface area contributed by atoms with E-state index < -0.39 is 113 Å². The number of amides is 4. The van der Waals surface area contributed by atoms with E-state index in [0.29, 0.717) is 47.3 Å². The summed E-state index contributed by atoms with van der Waals surface area (Å²) >= 11 is 0. The maximum Gasteiger partial charge on any atom is 0.407 e. The highest BCUT2D eigenvalue weighted by atomic mass is 19.1. The largest absolute Gasteiger partial charge is 0.460 e. The van der Waals surface area contributed by atoms with Crippen molar-refractivity contribution in [2.75, 3.05) is 52.7 Å². The molecule has 3 aliphatic heterocycles. The molecule has 5 heterocycles. The van der Waals surface area contributed by atoms with E-state index in [1.807, 2.05) is 0 Å². The molecule has 1 aromatic carbocycles. The predicted octanol–water partition coefficient (Wildman–Crippen LogP) is 4.34. The number of rotatable bonds is 22. The number of benzene rings is 1. The lowest BCUT2D eigenvalue weighted by molar-refractivity contribution is -0.191. The van der Waals surface area contributed by atoms with Gasteiger partial charge < -0.3 is 64.3 Å². The van der Waals surface area contributed by atoms with Gasteiger partial charge in [0, 0.05) is 48.1 Å². The topological polar surface area (TPSA) is 284 Å². The normalized spacial score (nSPS) is 19.2. The second-order valence-electron chi connectivity index (χ2n) is 22.7. The Hall–Kier alpha value is -6.56. The van der Waals surface area contributed by atoms with E-state index in [4.69, 9.17) is 43.9 Å². The molecule has 1 fully saturated rings. The summed E-state index contributed by atoms with van der Waals surface area (Å²) in [5.74, 6) is -5.79. The van der Waals surface area contributed by atoms with Crippen LogP contribution in [0.3, 0.4) is 0 Å². The van der Waals surface area contributed by atoms with Crippen LogP contribution in [0, 0.1) is 18.7 Å². The van der Waals surface area contributed by atoms with Crippen molar-refractivity contribution in [3.05, 3.63) is 61.7 Å². The van der Waals surface area contributed by atoms with Gasteiger partial charge in [0.05, 0.1) is 75.1 Å². The number of likely N-dealkylation sites (tertiary alicyclic amines) is 1. The number of hydrogen-bond acceptors (Lipinski definition) is 17. The molecule has 0 bridgehead atoms. The van der Waals surface area contributed by atoms with Crippen molar-refractivity contribution < 1.29 is 71.1 Å². The summed E-state index contributed by atoms with van der Waals surface area (Å²) < 4.78 is 55.8. The predicted molar refractivity (Wildman–Crippen MR) is 284 cm³/mol. The first-order valence-corrected chi connectivity index (χ1v) is 27.1. The molecule has 0 radical (unpaired) electrons. The Balaban J connectivity index is 0.998. The molecule has 0 saturated carbocycles. The van der Waals surface area contributed by atoms with Gasteiger partial charge in [0.2, 0.25) is 23.3 Å². The van der Waals surface area contributed by atoms with Crippen molar-refractivity contribution in [2.24, 2.45) is 11.7 Å². The maximum atomic E-state index is 15.3. The molecule has 23 heteroatoms. The van der Waals surface area contributed by atoms with Gasteiger partial charge in [-0.3, -0.25) is 24.0 Å². The zero-order chi connectivity index (χ0) is 57.7. The fourth-order valence-electron chi connectivity index (χ4n) is 10.5. The van der Waals surface area contributed by atoms with Gasteiger partial charge in [-0.25, -0.2) is 23.8 Å². The van der Waals surface area contributed by atoms with Crippen LogP contribution >= 0.6 is 0 Å². The number of alkyl carbamates (subject to hydrolysis) is 1. The van der Waals surface area contributed by atoms with E-state index in [1.165, 1.54) is 15.5 Å². The fourth-order valence-corrected chi connectivity index (χ4v) is 10.5. The van der Waals surface area contributed by atoms with Gasteiger partial charge in [-0.1, -0.05) is 20.8 Å². The third-order valence-corrected chi connectivity index (χ3v) is 14.3. The van der Waals surface area contributed by atoms with Crippen LogP contribution in [0.25, 0.3) is 22.3 Å². The Labute approximate surface area is 458 Å². The van der Waals surface area contributed by atoms with Gasteiger partial charge >= 0.3 is 24.0 Å². The number of fused-ring (bicyclic) bond motifs is 5. The molecule has 22 nitrogen and oxygen atoms in total. The maximum absolute atomic E-state index is 15.3. The second-order valence-corrected chi connectivity index (χ2v) is 22.7. The van der Waals surface area contributed by atoms with Crippen LogP contribution < -0.4 is 27.2 Å². The van der Waals surface area contributed by atoms with E-state index in [0.717, 1.165) is 16.5 Å².